The highest BCUT2D eigenvalue weighted by molar-refractivity contribution is 6.30. The van der Waals surface area contributed by atoms with E-state index < -0.39 is 0 Å². The van der Waals surface area contributed by atoms with E-state index in [1.807, 2.05) is 24.3 Å². The molecule has 0 aromatic heterocycles. The first-order chi connectivity index (χ1) is 13.0. The minimum absolute atomic E-state index is 0.0102. The van der Waals surface area contributed by atoms with Crippen LogP contribution in [0.4, 0.5) is 5.69 Å². The van der Waals surface area contributed by atoms with E-state index in [1.165, 1.54) is 0 Å². The summed E-state index contributed by atoms with van der Waals surface area (Å²) in [7, 11) is 1.59. The summed E-state index contributed by atoms with van der Waals surface area (Å²) in [5.41, 5.74) is 1.66. The highest BCUT2D eigenvalue weighted by atomic mass is 35.5. The van der Waals surface area contributed by atoms with Crippen molar-refractivity contribution in [3.05, 3.63) is 59.1 Å². The molecule has 1 fully saturated rings. The number of anilines is 1. The average molecular weight is 389 g/mol. The van der Waals surface area contributed by atoms with Gasteiger partial charge < -0.3 is 19.7 Å². The fourth-order valence-electron chi connectivity index (χ4n) is 2.84. The van der Waals surface area contributed by atoms with Gasteiger partial charge in [0.15, 0.2) is 0 Å². The molecule has 3 rings (SSSR count). The van der Waals surface area contributed by atoms with Gasteiger partial charge >= 0.3 is 0 Å². The van der Waals surface area contributed by atoms with Crippen LogP contribution >= 0.6 is 11.6 Å². The van der Waals surface area contributed by atoms with E-state index >= 15 is 0 Å². The molecular formula is C20H21ClN2O4. The summed E-state index contributed by atoms with van der Waals surface area (Å²) in [6.45, 7) is 0.711. The minimum Gasteiger partial charge on any atom is -0.497 e. The van der Waals surface area contributed by atoms with Gasteiger partial charge in [-0.05, 0) is 42.0 Å². The molecule has 1 aliphatic heterocycles. The lowest BCUT2D eigenvalue weighted by molar-refractivity contribution is -0.129. The summed E-state index contributed by atoms with van der Waals surface area (Å²) in [6.07, 6.45) is 0.00402. The number of rotatable bonds is 6. The highest BCUT2D eigenvalue weighted by Gasteiger charge is 2.27. The highest BCUT2D eigenvalue weighted by Crippen LogP contribution is 2.22. The van der Waals surface area contributed by atoms with E-state index in [0.717, 1.165) is 17.0 Å². The Morgan fingerprint density at radius 3 is 2.59 bits per heavy atom. The molecule has 1 N–H and O–H groups in total. The topological polar surface area (TPSA) is 67.9 Å². The van der Waals surface area contributed by atoms with Gasteiger partial charge in [0.2, 0.25) is 5.91 Å². The molecule has 1 aliphatic rings. The van der Waals surface area contributed by atoms with Crippen molar-refractivity contribution in [2.24, 2.45) is 0 Å². The number of nitrogens with zero attached hydrogens (tertiary/aromatic N) is 1. The molecule has 1 saturated heterocycles. The fraction of sp³-hybridized carbons (Fsp3) is 0.300. The molecule has 0 bridgehead atoms. The monoisotopic (exact) mass is 388 g/mol. The van der Waals surface area contributed by atoms with Crippen molar-refractivity contribution in [3.8, 4) is 5.75 Å². The lowest BCUT2D eigenvalue weighted by Gasteiger charge is -2.33. The molecule has 6 nitrogen and oxygen atoms in total. The summed E-state index contributed by atoms with van der Waals surface area (Å²) in [5.74, 6) is 0.517. The van der Waals surface area contributed by atoms with Gasteiger partial charge in [0.1, 0.15) is 12.4 Å². The zero-order valence-electron chi connectivity index (χ0n) is 15.0. The third kappa shape index (κ3) is 5.21. The molecule has 2 amide bonds. The van der Waals surface area contributed by atoms with Crippen molar-refractivity contribution in [3.63, 3.8) is 0 Å². The number of carbonyl (C=O) groups excluding carboxylic acids is 2. The molecule has 0 saturated carbocycles. The smallest absolute Gasteiger partial charge is 0.253 e. The second-order valence-electron chi connectivity index (χ2n) is 6.24. The Bertz CT molecular complexity index is 793. The Morgan fingerprint density at radius 1 is 1.22 bits per heavy atom. The van der Waals surface area contributed by atoms with Crippen LogP contribution < -0.4 is 15.0 Å². The largest absolute Gasteiger partial charge is 0.497 e. The van der Waals surface area contributed by atoms with Gasteiger partial charge in [0.25, 0.3) is 5.91 Å². The Kier molecular flexibility index (Phi) is 6.32. The zero-order valence-corrected chi connectivity index (χ0v) is 15.7. The van der Waals surface area contributed by atoms with Crippen LogP contribution in [0.5, 0.6) is 5.75 Å². The zero-order chi connectivity index (χ0) is 19.2. The number of halogens is 1. The third-order valence-electron chi connectivity index (χ3n) is 4.32. The van der Waals surface area contributed by atoms with Crippen molar-refractivity contribution in [2.75, 3.05) is 31.7 Å². The molecule has 0 aliphatic carbocycles. The Hall–Kier alpha value is -2.57. The average Bonchev–Trinajstić information content (AvgIpc) is 2.69. The minimum atomic E-state index is -0.265. The number of nitrogens with one attached hydrogen (secondary N) is 1. The molecule has 0 spiro atoms. The standard InChI is InChI=1S/C20H21ClN2O4/c1-26-17-8-6-16(7-9-17)23-12-18(27-13-20(23)25)11-22-19(24)10-14-2-4-15(21)5-3-14/h2-9,18H,10-13H2,1H3,(H,22,24). The van der Waals surface area contributed by atoms with Crippen LogP contribution in [0, 0.1) is 0 Å². The number of amides is 2. The van der Waals surface area contributed by atoms with Crippen LogP contribution in [0.1, 0.15) is 5.56 Å². The van der Waals surface area contributed by atoms with E-state index in [-0.39, 0.29) is 30.9 Å². The Balaban J connectivity index is 1.53. The maximum Gasteiger partial charge on any atom is 0.253 e. The normalized spacial score (nSPS) is 16.9. The summed E-state index contributed by atoms with van der Waals surface area (Å²) in [4.78, 5) is 26.0. The first-order valence-electron chi connectivity index (χ1n) is 8.62. The predicted molar refractivity (Wildman–Crippen MR) is 103 cm³/mol. The maximum atomic E-state index is 12.2. The molecule has 2 aromatic rings. The van der Waals surface area contributed by atoms with Gasteiger partial charge in [-0.1, -0.05) is 23.7 Å². The molecule has 0 radical (unpaired) electrons. The van der Waals surface area contributed by atoms with Crippen LogP contribution in [0.15, 0.2) is 48.5 Å². The first-order valence-corrected chi connectivity index (χ1v) is 9.00. The summed E-state index contributed by atoms with van der Waals surface area (Å²) >= 11 is 5.85. The first kappa shape index (κ1) is 19.2. The number of morpholine rings is 1. The van der Waals surface area contributed by atoms with Crippen molar-refractivity contribution in [1.82, 2.24) is 5.32 Å². The van der Waals surface area contributed by atoms with E-state index in [0.29, 0.717) is 18.1 Å². The third-order valence-corrected chi connectivity index (χ3v) is 4.57. The van der Waals surface area contributed by atoms with Gasteiger partial charge in [-0.15, -0.1) is 0 Å². The number of hydrogen-bond donors (Lipinski definition) is 1. The summed E-state index contributed by atoms with van der Waals surface area (Å²) in [6, 6.07) is 14.4. The molecule has 142 valence electrons. The van der Waals surface area contributed by atoms with Crippen molar-refractivity contribution in [1.29, 1.82) is 0 Å². The number of ether oxygens (including phenoxy) is 2. The number of benzene rings is 2. The molecule has 1 heterocycles. The fourth-order valence-corrected chi connectivity index (χ4v) is 2.96. The van der Waals surface area contributed by atoms with Gasteiger partial charge in [-0.3, -0.25) is 9.59 Å². The van der Waals surface area contributed by atoms with Crippen molar-refractivity contribution in [2.45, 2.75) is 12.5 Å². The second kappa shape index (κ2) is 8.88. The number of hydrogen-bond acceptors (Lipinski definition) is 4. The predicted octanol–water partition coefficient (Wildman–Crippen LogP) is 2.44. The van der Waals surface area contributed by atoms with Crippen LogP contribution in [0.2, 0.25) is 5.02 Å². The van der Waals surface area contributed by atoms with E-state index in [1.54, 1.807) is 36.3 Å². The molecular weight excluding hydrogens is 368 g/mol. The van der Waals surface area contributed by atoms with Crippen LogP contribution in [0.3, 0.4) is 0 Å². The van der Waals surface area contributed by atoms with Gasteiger partial charge in [0, 0.05) is 17.3 Å². The summed E-state index contributed by atoms with van der Waals surface area (Å²) in [5, 5.41) is 3.50. The summed E-state index contributed by atoms with van der Waals surface area (Å²) < 4.78 is 10.7. The molecule has 2 aromatic carbocycles. The quantitative estimate of drug-likeness (QED) is 0.825. The number of methoxy groups -OCH3 is 1. The van der Waals surface area contributed by atoms with Gasteiger partial charge in [-0.2, -0.15) is 0 Å². The van der Waals surface area contributed by atoms with Crippen molar-refractivity contribution >= 4 is 29.1 Å². The molecule has 1 atom stereocenters. The van der Waals surface area contributed by atoms with Crippen LogP contribution in [-0.2, 0) is 20.7 Å². The van der Waals surface area contributed by atoms with Gasteiger partial charge in [-0.25, -0.2) is 0 Å². The maximum absolute atomic E-state index is 12.2. The molecule has 1 unspecified atom stereocenters. The second-order valence-corrected chi connectivity index (χ2v) is 6.68. The Morgan fingerprint density at radius 2 is 1.93 bits per heavy atom. The van der Waals surface area contributed by atoms with E-state index in [2.05, 4.69) is 5.32 Å². The van der Waals surface area contributed by atoms with Gasteiger partial charge in [0.05, 0.1) is 26.2 Å². The van der Waals surface area contributed by atoms with Crippen LogP contribution in [-0.4, -0.2) is 44.7 Å². The Labute approximate surface area is 163 Å². The molecule has 27 heavy (non-hydrogen) atoms. The van der Waals surface area contributed by atoms with E-state index in [4.69, 9.17) is 21.1 Å². The lowest BCUT2D eigenvalue weighted by Crippen LogP contribution is -2.50. The van der Waals surface area contributed by atoms with E-state index in [9.17, 15) is 9.59 Å². The lowest BCUT2D eigenvalue weighted by atomic mass is 10.1. The number of carbonyl (C=O) groups is 2. The molecule has 7 heteroatoms. The van der Waals surface area contributed by atoms with Crippen LogP contribution in [0.25, 0.3) is 0 Å². The van der Waals surface area contributed by atoms with Crippen molar-refractivity contribution < 1.29 is 19.1 Å². The SMILES string of the molecule is COc1ccc(N2CC(CNC(=O)Cc3ccc(Cl)cc3)OCC2=O)cc1.